The number of amides is 3. The number of hydrogen-bond donors (Lipinski definition) is 3. The molecule has 1 saturated heterocycles. The Morgan fingerprint density at radius 3 is 2.43 bits per heavy atom. The molecule has 240 valence electrons. The van der Waals surface area contributed by atoms with E-state index in [4.69, 9.17) is 4.74 Å². The molecule has 0 spiro atoms. The van der Waals surface area contributed by atoms with Crippen LogP contribution in [-0.2, 0) is 33.5 Å². The molecule has 4 rings (SSSR count). The molecule has 1 aromatic heterocycles. The van der Waals surface area contributed by atoms with E-state index in [-0.39, 0.29) is 31.7 Å². The molecule has 2 aliphatic rings. The van der Waals surface area contributed by atoms with E-state index in [0.717, 1.165) is 9.47 Å². The number of ketones is 1. The van der Waals surface area contributed by atoms with E-state index in [1.807, 2.05) is 0 Å². The second-order valence-corrected chi connectivity index (χ2v) is 11.4. The lowest BCUT2D eigenvalue weighted by atomic mass is 9.96. The molecule has 3 heterocycles. The van der Waals surface area contributed by atoms with Gasteiger partial charge in [0, 0.05) is 44.7 Å². The van der Waals surface area contributed by atoms with Gasteiger partial charge in [0.1, 0.15) is 24.0 Å². The average molecular weight is 633 g/mol. The van der Waals surface area contributed by atoms with Crippen molar-refractivity contribution in [2.24, 2.45) is 0 Å². The van der Waals surface area contributed by atoms with Gasteiger partial charge in [0.2, 0.25) is 11.7 Å². The van der Waals surface area contributed by atoms with Crippen LogP contribution in [0, 0.1) is 17.5 Å². The van der Waals surface area contributed by atoms with E-state index < -0.39 is 102 Å². The summed E-state index contributed by atoms with van der Waals surface area (Å²) in [6.45, 7) is 3.66. The number of nitrogens with zero attached hydrogens (tertiary/aromatic N) is 3. The summed E-state index contributed by atoms with van der Waals surface area (Å²) in [5.41, 5.74) is -3.25. The van der Waals surface area contributed by atoms with Crippen LogP contribution in [0.5, 0.6) is 0 Å². The van der Waals surface area contributed by atoms with Crippen molar-refractivity contribution in [3.63, 3.8) is 0 Å². The highest BCUT2D eigenvalue weighted by atomic mass is 19.4. The van der Waals surface area contributed by atoms with Gasteiger partial charge >= 0.3 is 12.3 Å². The number of ether oxygens (including phenoxy) is 1. The summed E-state index contributed by atoms with van der Waals surface area (Å²) in [4.78, 5) is 56.1. The minimum Gasteiger partial charge on any atom is -0.444 e. The Kier molecular flexibility index (Phi) is 9.27. The number of Topliss-reactive ketones (excluding diaryl/α,β-unsaturated/α-hetero) is 1. The third-order valence-electron chi connectivity index (χ3n) is 6.83. The Hall–Kier alpha value is -4.15. The number of rotatable bonds is 7. The van der Waals surface area contributed by atoms with Crippen molar-refractivity contribution in [1.82, 2.24) is 30.4 Å². The lowest BCUT2D eigenvalue weighted by molar-refractivity contribution is -0.142. The molecular weight excluding hydrogens is 602 g/mol. The van der Waals surface area contributed by atoms with Gasteiger partial charge in [-0.2, -0.15) is 13.2 Å². The van der Waals surface area contributed by atoms with E-state index >= 15 is 0 Å². The van der Waals surface area contributed by atoms with Crippen LogP contribution in [0.3, 0.4) is 0 Å². The second kappa shape index (κ2) is 12.5. The van der Waals surface area contributed by atoms with Gasteiger partial charge in [0.25, 0.3) is 5.91 Å². The van der Waals surface area contributed by atoms with Crippen LogP contribution in [-0.4, -0.2) is 76.0 Å². The third-order valence-corrected chi connectivity index (χ3v) is 6.83. The van der Waals surface area contributed by atoms with Crippen LogP contribution in [0.2, 0.25) is 0 Å². The van der Waals surface area contributed by atoms with Crippen molar-refractivity contribution in [2.45, 2.75) is 64.0 Å². The molecule has 3 amide bonds. The highest BCUT2D eigenvalue weighted by molar-refractivity contribution is 5.95. The number of hydrogen-bond acceptors (Lipinski definition) is 7. The minimum atomic E-state index is -4.99. The fourth-order valence-electron chi connectivity index (χ4n) is 4.99. The summed E-state index contributed by atoms with van der Waals surface area (Å²) >= 11 is 0. The average Bonchev–Trinajstić information content (AvgIpc) is 3.30. The molecule has 1 fully saturated rings. The Morgan fingerprint density at radius 2 is 1.80 bits per heavy atom. The van der Waals surface area contributed by atoms with Crippen molar-refractivity contribution in [3.8, 4) is 0 Å². The van der Waals surface area contributed by atoms with Crippen LogP contribution >= 0.6 is 0 Å². The minimum absolute atomic E-state index is 0.00728. The van der Waals surface area contributed by atoms with Gasteiger partial charge in [-0.15, -0.1) is 0 Å². The molecule has 0 bridgehead atoms. The number of benzene rings is 1. The number of carbonyl (C=O) groups excluding carboxylic acids is 4. The maximum absolute atomic E-state index is 14.5. The van der Waals surface area contributed by atoms with Gasteiger partial charge in [-0.25, -0.2) is 22.9 Å². The third kappa shape index (κ3) is 7.49. The van der Waals surface area contributed by atoms with E-state index in [0.29, 0.717) is 12.1 Å². The number of imidazole rings is 1. The summed E-state index contributed by atoms with van der Waals surface area (Å²) in [6, 6.07) is -1.87. The molecule has 0 aliphatic carbocycles. The summed E-state index contributed by atoms with van der Waals surface area (Å²) in [5.74, 6) is -7.01. The zero-order chi connectivity index (χ0) is 32.6. The van der Waals surface area contributed by atoms with Gasteiger partial charge in [0.15, 0.2) is 23.1 Å². The SMILES string of the molecule is CC(C)(C)OC(=O)NC(CC(=O)C1CNCc2c(C(F)(F)F)nc(C(=O)N3CCNC(=O)C3)n21)Cc1cc(F)c(F)cc1F. The Bertz CT molecular complexity index is 1470. The second-order valence-electron chi connectivity index (χ2n) is 11.4. The van der Waals surface area contributed by atoms with Crippen molar-refractivity contribution < 1.29 is 50.3 Å². The summed E-state index contributed by atoms with van der Waals surface area (Å²) in [5, 5.41) is 7.60. The Balaban J connectivity index is 1.69. The van der Waals surface area contributed by atoms with Gasteiger partial charge in [-0.05, 0) is 38.8 Å². The largest absolute Gasteiger partial charge is 0.444 e. The number of carbonyl (C=O) groups is 4. The molecule has 2 atom stereocenters. The molecule has 11 nitrogen and oxygen atoms in total. The molecule has 17 heteroatoms. The van der Waals surface area contributed by atoms with E-state index in [1.54, 1.807) is 20.8 Å². The van der Waals surface area contributed by atoms with E-state index in [1.165, 1.54) is 0 Å². The lowest BCUT2D eigenvalue weighted by Gasteiger charge is -2.31. The molecule has 2 unspecified atom stereocenters. The normalized spacial score (nSPS) is 17.9. The van der Waals surface area contributed by atoms with Crippen molar-refractivity contribution in [3.05, 3.63) is 52.4 Å². The molecule has 2 aromatic rings. The predicted octanol–water partition coefficient (Wildman–Crippen LogP) is 2.63. The van der Waals surface area contributed by atoms with Crippen molar-refractivity contribution >= 4 is 23.7 Å². The monoisotopic (exact) mass is 632 g/mol. The fourth-order valence-corrected chi connectivity index (χ4v) is 4.99. The van der Waals surface area contributed by atoms with Crippen LogP contribution < -0.4 is 16.0 Å². The van der Waals surface area contributed by atoms with Crippen LogP contribution in [0.25, 0.3) is 0 Å². The van der Waals surface area contributed by atoms with Crippen LogP contribution in [0.1, 0.15) is 60.8 Å². The maximum atomic E-state index is 14.5. The number of alkyl halides is 3. The maximum Gasteiger partial charge on any atom is 0.435 e. The predicted molar refractivity (Wildman–Crippen MR) is 140 cm³/mol. The van der Waals surface area contributed by atoms with Crippen molar-refractivity contribution in [1.29, 1.82) is 0 Å². The first-order chi connectivity index (χ1) is 20.4. The van der Waals surface area contributed by atoms with E-state index in [2.05, 4.69) is 20.9 Å². The zero-order valence-electron chi connectivity index (χ0n) is 23.9. The lowest BCUT2D eigenvalue weighted by Crippen LogP contribution is -2.51. The number of nitrogens with one attached hydrogen (secondary N) is 3. The molecule has 2 aliphatic heterocycles. The van der Waals surface area contributed by atoms with Crippen LogP contribution in [0.15, 0.2) is 12.1 Å². The number of halogens is 6. The van der Waals surface area contributed by atoms with Gasteiger partial charge in [0.05, 0.1) is 5.69 Å². The molecule has 0 saturated carbocycles. The first kappa shape index (κ1) is 32.8. The Morgan fingerprint density at radius 1 is 1.11 bits per heavy atom. The topological polar surface area (TPSA) is 135 Å². The molecule has 3 N–H and O–H groups in total. The van der Waals surface area contributed by atoms with Gasteiger partial charge < -0.3 is 30.2 Å². The fraction of sp³-hybridized carbons (Fsp3) is 0.519. The number of aromatic nitrogens is 2. The van der Waals surface area contributed by atoms with Crippen LogP contribution in [0.4, 0.5) is 31.1 Å². The first-order valence-electron chi connectivity index (χ1n) is 13.5. The number of alkyl carbamates (subject to hydrolysis) is 1. The first-order valence-corrected chi connectivity index (χ1v) is 13.5. The summed E-state index contributed by atoms with van der Waals surface area (Å²) < 4.78 is 90.0. The smallest absolute Gasteiger partial charge is 0.435 e. The van der Waals surface area contributed by atoms with Gasteiger partial charge in [-0.3, -0.25) is 14.4 Å². The molecule has 44 heavy (non-hydrogen) atoms. The quantitative estimate of drug-likeness (QED) is 0.316. The Labute approximate surface area is 247 Å². The summed E-state index contributed by atoms with van der Waals surface area (Å²) in [6.07, 6.45) is -7.18. The summed E-state index contributed by atoms with van der Waals surface area (Å²) in [7, 11) is 0. The molecular formula is C27H30F6N6O5. The number of fused-ring (bicyclic) bond motifs is 1. The zero-order valence-corrected chi connectivity index (χ0v) is 23.9. The van der Waals surface area contributed by atoms with Gasteiger partial charge in [-0.1, -0.05) is 0 Å². The highest BCUT2D eigenvalue weighted by Crippen LogP contribution is 2.35. The molecule has 0 radical (unpaired) electrons. The number of piperazine rings is 1. The van der Waals surface area contributed by atoms with E-state index in [9.17, 15) is 45.5 Å². The van der Waals surface area contributed by atoms with Crippen molar-refractivity contribution in [2.75, 3.05) is 26.2 Å². The standard InChI is InChI=1S/C27H30F6N6O5/c1-26(2,3)44-25(43)36-14(6-13-7-16(29)17(30)9-15(13)28)8-20(40)18-10-34-11-19-22(27(31,32)33)37-23(39(18)19)24(42)38-5-4-35-21(41)12-38/h7,9,14,18,34H,4-6,8,10-12H2,1-3H3,(H,35,41)(H,36,43). The molecule has 1 aromatic carbocycles. The highest BCUT2D eigenvalue weighted by Gasteiger charge is 2.44.